The fourth-order valence-electron chi connectivity index (χ4n) is 4.82. The zero-order valence-electron chi connectivity index (χ0n) is 19.9. The van der Waals surface area contributed by atoms with E-state index in [1.54, 1.807) is 6.92 Å². The normalized spacial score (nSPS) is 15.7. The molecule has 34 heavy (non-hydrogen) atoms. The first-order valence-corrected chi connectivity index (χ1v) is 11.9. The third-order valence-electron chi connectivity index (χ3n) is 6.98. The highest BCUT2D eigenvalue weighted by Gasteiger charge is 2.41. The van der Waals surface area contributed by atoms with E-state index >= 15 is 0 Å². The number of hydrogen-bond donors (Lipinski definition) is 2. The van der Waals surface area contributed by atoms with Crippen molar-refractivity contribution in [1.29, 1.82) is 0 Å². The van der Waals surface area contributed by atoms with Crippen LogP contribution in [0.3, 0.4) is 0 Å². The number of fused-ring (bicyclic) bond motifs is 3. The SMILES string of the molecule is CCN(C(=O)C(CC1CC1)NC(=O)OCC1c2ccccc2-c2ccccc21)C(C)(C)C(=O)O. The maximum absolute atomic E-state index is 13.3. The van der Waals surface area contributed by atoms with E-state index in [9.17, 15) is 19.5 Å². The standard InChI is InChI=1S/C27H32N2O5/c1-4-29(27(2,3)25(31)32)24(30)23(15-17-13-14-17)28-26(33)34-16-22-20-11-7-5-9-18(20)19-10-6-8-12-21(19)22/h5-12,17,22-23H,4,13-16H2,1-3H3,(H,28,33)(H,31,32). The first kappa shape index (κ1) is 23.8. The van der Waals surface area contributed by atoms with Crippen LogP contribution in [0.25, 0.3) is 11.1 Å². The van der Waals surface area contributed by atoms with Crippen LogP contribution in [0.2, 0.25) is 0 Å². The van der Waals surface area contributed by atoms with Crippen LogP contribution < -0.4 is 5.32 Å². The molecule has 0 aliphatic heterocycles. The molecule has 2 aromatic carbocycles. The van der Waals surface area contributed by atoms with Crippen molar-refractivity contribution in [1.82, 2.24) is 10.2 Å². The van der Waals surface area contributed by atoms with Crippen molar-refractivity contribution in [2.45, 2.75) is 57.5 Å². The Morgan fingerprint density at radius 1 is 1.06 bits per heavy atom. The topological polar surface area (TPSA) is 95.9 Å². The summed E-state index contributed by atoms with van der Waals surface area (Å²) in [6.45, 7) is 5.12. The number of carboxylic acid groups (broad SMARTS) is 1. The predicted molar refractivity (Wildman–Crippen MR) is 128 cm³/mol. The maximum atomic E-state index is 13.3. The molecule has 180 valence electrons. The van der Waals surface area contributed by atoms with E-state index in [1.165, 1.54) is 18.7 Å². The molecule has 2 amide bonds. The number of nitrogens with zero attached hydrogens (tertiary/aromatic N) is 1. The minimum absolute atomic E-state index is 0.0752. The number of likely N-dealkylation sites (N-methyl/N-ethyl adjacent to an activating group) is 1. The first-order valence-electron chi connectivity index (χ1n) is 11.9. The summed E-state index contributed by atoms with van der Waals surface area (Å²) >= 11 is 0. The van der Waals surface area contributed by atoms with Gasteiger partial charge in [0.1, 0.15) is 18.2 Å². The van der Waals surface area contributed by atoms with E-state index < -0.39 is 29.6 Å². The molecule has 0 saturated heterocycles. The van der Waals surface area contributed by atoms with Crippen molar-refractivity contribution in [2.24, 2.45) is 5.92 Å². The molecule has 0 spiro atoms. The third-order valence-corrected chi connectivity index (χ3v) is 6.98. The van der Waals surface area contributed by atoms with Crippen molar-refractivity contribution in [3.63, 3.8) is 0 Å². The van der Waals surface area contributed by atoms with Crippen LogP contribution in [0.1, 0.15) is 57.1 Å². The number of carbonyl (C=O) groups is 3. The summed E-state index contributed by atoms with van der Waals surface area (Å²) in [5, 5.41) is 12.3. The van der Waals surface area contributed by atoms with E-state index in [0.717, 1.165) is 35.1 Å². The highest BCUT2D eigenvalue weighted by molar-refractivity contribution is 5.91. The van der Waals surface area contributed by atoms with Gasteiger partial charge in [-0.1, -0.05) is 61.4 Å². The van der Waals surface area contributed by atoms with Gasteiger partial charge in [0.15, 0.2) is 0 Å². The van der Waals surface area contributed by atoms with Gasteiger partial charge in [-0.3, -0.25) is 4.79 Å². The fourth-order valence-corrected chi connectivity index (χ4v) is 4.82. The van der Waals surface area contributed by atoms with Crippen molar-refractivity contribution >= 4 is 18.0 Å². The summed E-state index contributed by atoms with van der Waals surface area (Å²) in [5.41, 5.74) is 3.13. The van der Waals surface area contributed by atoms with Crippen LogP contribution in [0.15, 0.2) is 48.5 Å². The Morgan fingerprint density at radius 2 is 1.62 bits per heavy atom. The Bertz CT molecular complexity index is 1050. The molecule has 2 aliphatic rings. The second-order valence-corrected chi connectivity index (χ2v) is 9.65. The zero-order chi connectivity index (χ0) is 24.5. The minimum Gasteiger partial charge on any atom is -0.480 e. The quantitative estimate of drug-likeness (QED) is 0.573. The molecule has 1 atom stereocenters. The molecule has 2 aromatic rings. The van der Waals surface area contributed by atoms with Gasteiger partial charge in [0.2, 0.25) is 5.91 Å². The van der Waals surface area contributed by atoms with Crippen LogP contribution in [0.5, 0.6) is 0 Å². The molecule has 0 bridgehead atoms. The summed E-state index contributed by atoms with van der Waals surface area (Å²) < 4.78 is 5.63. The van der Waals surface area contributed by atoms with Gasteiger partial charge in [0.25, 0.3) is 0 Å². The highest BCUT2D eigenvalue weighted by Crippen LogP contribution is 2.44. The summed E-state index contributed by atoms with van der Waals surface area (Å²) in [6, 6.07) is 15.4. The number of rotatable bonds is 9. The molecule has 1 unspecified atom stereocenters. The van der Waals surface area contributed by atoms with Gasteiger partial charge < -0.3 is 20.1 Å². The molecule has 2 N–H and O–H groups in total. The Morgan fingerprint density at radius 3 is 2.12 bits per heavy atom. The van der Waals surface area contributed by atoms with Crippen molar-refractivity contribution in [2.75, 3.05) is 13.2 Å². The van der Waals surface area contributed by atoms with E-state index in [-0.39, 0.29) is 19.1 Å². The largest absolute Gasteiger partial charge is 0.480 e. The number of carboxylic acids is 1. The molecule has 7 heteroatoms. The predicted octanol–water partition coefficient (Wildman–Crippen LogP) is 4.41. The van der Waals surface area contributed by atoms with E-state index in [4.69, 9.17) is 4.74 Å². The molecule has 1 saturated carbocycles. The van der Waals surface area contributed by atoms with E-state index in [2.05, 4.69) is 17.4 Å². The lowest BCUT2D eigenvalue weighted by Gasteiger charge is -2.36. The number of aliphatic carboxylic acids is 1. The third kappa shape index (κ3) is 4.65. The molecule has 4 rings (SSSR count). The number of alkyl carbamates (subject to hydrolysis) is 1. The van der Waals surface area contributed by atoms with Crippen LogP contribution in [0, 0.1) is 5.92 Å². The molecule has 0 heterocycles. The van der Waals surface area contributed by atoms with Gasteiger partial charge in [-0.25, -0.2) is 9.59 Å². The Balaban J connectivity index is 1.46. The van der Waals surface area contributed by atoms with Gasteiger partial charge in [0, 0.05) is 12.5 Å². The summed E-state index contributed by atoms with van der Waals surface area (Å²) in [7, 11) is 0. The highest BCUT2D eigenvalue weighted by atomic mass is 16.5. The molecule has 2 aliphatic carbocycles. The first-order chi connectivity index (χ1) is 16.2. The molecule has 1 fully saturated rings. The molecule has 0 aromatic heterocycles. The maximum Gasteiger partial charge on any atom is 0.407 e. The summed E-state index contributed by atoms with van der Waals surface area (Å²) in [5.74, 6) is -1.20. The lowest BCUT2D eigenvalue weighted by atomic mass is 9.98. The zero-order valence-corrected chi connectivity index (χ0v) is 19.9. The van der Waals surface area contributed by atoms with Crippen molar-refractivity contribution in [3.05, 3.63) is 59.7 Å². The van der Waals surface area contributed by atoms with Gasteiger partial charge in [-0.2, -0.15) is 0 Å². The van der Waals surface area contributed by atoms with Crippen LogP contribution >= 0.6 is 0 Å². The van der Waals surface area contributed by atoms with Crippen molar-refractivity contribution < 1.29 is 24.2 Å². The molecule has 7 nitrogen and oxygen atoms in total. The smallest absolute Gasteiger partial charge is 0.407 e. The number of ether oxygens (including phenoxy) is 1. The monoisotopic (exact) mass is 464 g/mol. The Hall–Kier alpha value is -3.35. The average Bonchev–Trinajstić information content (AvgIpc) is 3.58. The van der Waals surface area contributed by atoms with Crippen LogP contribution in [-0.2, 0) is 14.3 Å². The van der Waals surface area contributed by atoms with E-state index in [0.29, 0.717) is 12.3 Å². The second kappa shape index (κ2) is 9.49. The fraction of sp³-hybridized carbons (Fsp3) is 0.444. The van der Waals surface area contributed by atoms with Gasteiger partial charge in [0.05, 0.1) is 0 Å². The Labute approximate surface area is 200 Å². The Kier molecular flexibility index (Phi) is 6.64. The van der Waals surface area contributed by atoms with Gasteiger partial charge >= 0.3 is 12.1 Å². The number of amides is 2. The summed E-state index contributed by atoms with van der Waals surface area (Å²) in [4.78, 5) is 39.2. The van der Waals surface area contributed by atoms with Crippen molar-refractivity contribution in [3.8, 4) is 11.1 Å². The molecular weight excluding hydrogens is 432 g/mol. The number of hydrogen-bond acceptors (Lipinski definition) is 4. The minimum atomic E-state index is -1.38. The molecular formula is C27H32N2O5. The number of nitrogens with one attached hydrogen (secondary N) is 1. The lowest BCUT2D eigenvalue weighted by molar-refractivity contribution is -0.157. The van der Waals surface area contributed by atoms with Crippen LogP contribution in [0.4, 0.5) is 4.79 Å². The molecule has 0 radical (unpaired) electrons. The number of benzene rings is 2. The second-order valence-electron chi connectivity index (χ2n) is 9.65. The van der Waals surface area contributed by atoms with Gasteiger partial charge in [-0.05, 0) is 55.4 Å². The average molecular weight is 465 g/mol. The number of carbonyl (C=O) groups excluding carboxylic acids is 2. The van der Waals surface area contributed by atoms with E-state index in [1.807, 2.05) is 36.4 Å². The van der Waals surface area contributed by atoms with Crippen LogP contribution in [-0.4, -0.2) is 52.7 Å². The van der Waals surface area contributed by atoms with Gasteiger partial charge in [-0.15, -0.1) is 0 Å². The summed E-state index contributed by atoms with van der Waals surface area (Å²) in [6.07, 6.45) is 1.83. The lowest BCUT2D eigenvalue weighted by Crippen LogP contribution is -2.58.